The Morgan fingerprint density at radius 1 is 1.11 bits per heavy atom. The molecule has 0 spiro atoms. The van der Waals surface area contributed by atoms with Crippen LogP contribution in [0, 0.1) is 0 Å². The van der Waals surface area contributed by atoms with Crippen LogP contribution >= 0.6 is 34.8 Å². The lowest BCUT2D eigenvalue weighted by atomic mass is 10.2. The van der Waals surface area contributed by atoms with E-state index >= 15 is 0 Å². The first-order valence-electron chi connectivity index (χ1n) is 5.56. The van der Waals surface area contributed by atoms with Crippen LogP contribution in [0.25, 0.3) is 11.3 Å². The summed E-state index contributed by atoms with van der Waals surface area (Å²) in [4.78, 5) is 0. The summed E-state index contributed by atoms with van der Waals surface area (Å²) in [6.07, 6.45) is 0. The van der Waals surface area contributed by atoms with E-state index in [1.807, 2.05) is 19.1 Å². The van der Waals surface area contributed by atoms with Gasteiger partial charge in [-0.2, -0.15) is 0 Å². The van der Waals surface area contributed by atoms with Gasteiger partial charge in [0.05, 0.1) is 22.2 Å². The highest BCUT2D eigenvalue weighted by Crippen LogP contribution is 2.37. The van der Waals surface area contributed by atoms with Crippen molar-refractivity contribution in [2.24, 2.45) is 0 Å². The number of hydrogen-bond acceptors (Lipinski definition) is 2. The summed E-state index contributed by atoms with van der Waals surface area (Å²) < 4.78 is 5.70. The molecule has 1 heterocycles. The molecule has 5 heteroatoms. The van der Waals surface area contributed by atoms with Crippen molar-refractivity contribution in [1.82, 2.24) is 5.32 Å². The minimum Gasteiger partial charge on any atom is -0.460 e. The van der Waals surface area contributed by atoms with Crippen LogP contribution in [-0.4, -0.2) is 6.54 Å². The van der Waals surface area contributed by atoms with Gasteiger partial charge in [-0.1, -0.05) is 41.7 Å². The Kier molecular flexibility index (Phi) is 4.57. The lowest BCUT2D eigenvalue weighted by molar-refractivity contribution is 0.498. The zero-order valence-electron chi connectivity index (χ0n) is 9.77. The van der Waals surface area contributed by atoms with Crippen LogP contribution in [0.3, 0.4) is 0 Å². The summed E-state index contributed by atoms with van der Waals surface area (Å²) in [7, 11) is 0. The van der Waals surface area contributed by atoms with Crippen molar-refractivity contribution in [3.63, 3.8) is 0 Å². The molecule has 0 radical (unpaired) electrons. The van der Waals surface area contributed by atoms with Crippen molar-refractivity contribution in [1.29, 1.82) is 0 Å². The van der Waals surface area contributed by atoms with E-state index in [-0.39, 0.29) is 0 Å². The van der Waals surface area contributed by atoms with Gasteiger partial charge in [0.15, 0.2) is 0 Å². The van der Waals surface area contributed by atoms with Crippen LogP contribution in [0.2, 0.25) is 15.1 Å². The number of nitrogens with one attached hydrogen (secondary N) is 1. The molecule has 0 aliphatic rings. The zero-order valence-corrected chi connectivity index (χ0v) is 12.0. The van der Waals surface area contributed by atoms with Gasteiger partial charge in [0.25, 0.3) is 0 Å². The Hall–Kier alpha value is -0.670. The Bertz CT molecular complexity index is 528. The lowest BCUT2D eigenvalue weighted by Crippen LogP contribution is -2.10. The van der Waals surface area contributed by atoms with Crippen molar-refractivity contribution in [3.05, 3.63) is 45.1 Å². The second-order valence-electron chi connectivity index (χ2n) is 3.79. The van der Waals surface area contributed by atoms with Gasteiger partial charge >= 0.3 is 0 Å². The van der Waals surface area contributed by atoms with Gasteiger partial charge in [0.2, 0.25) is 0 Å². The number of halogens is 3. The van der Waals surface area contributed by atoms with E-state index in [1.54, 1.807) is 12.1 Å². The largest absolute Gasteiger partial charge is 0.460 e. The van der Waals surface area contributed by atoms with E-state index in [0.29, 0.717) is 32.9 Å². The Labute approximate surface area is 121 Å². The van der Waals surface area contributed by atoms with E-state index in [9.17, 15) is 0 Å². The van der Waals surface area contributed by atoms with Gasteiger partial charge in [0, 0.05) is 5.02 Å². The van der Waals surface area contributed by atoms with Gasteiger partial charge < -0.3 is 9.73 Å². The number of rotatable bonds is 4. The summed E-state index contributed by atoms with van der Waals surface area (Å²) in [5.74, 6) is 1.49. The highest BCUT2D eigenvalue weighted by Gasteiger charge is 2.13. The quantitative estimate of drug-likeness (QED) is 0.858. The zero-order chi connectivity index (χ0) is 13.1. The minimum atomic E-state index is 0.483. The maximum Gasteiger partial charge on any atom is 0.137 e. The predicted octanol–water partition coefficient (Wildman–Crippen LogP) is 5.02. The molecule has 1 aromatic heterocycles. The minimum absolute atomic E-state index is 0.483. The maximum atomic E-state index is 6.14. The molecule has 0 fully saturated rings. The van der Waals surface area contributed by atoms with Crippen molar-refractivity contribution >= 4 is 34.8 Å². The smallest absolute Gasteiger partial charge is 0.137 e. The fourth-order valence-corrected chi connectivity index (χ4v) is 2.64. The molecule has 96 valence electrons. The number of furan rings is 1. The van der Waals surface area contributed by atoms with Gasteiger partial charge in [-0.05, 0) is 30.8 Å². The van der Waals surface area contributed by atoms with Crippen molar-refractivity contribution in [2.45, 2.75) is 13.5 Å². The topological polar surface area (TPSA) is 25.2 Å². The van der Waals surface area contributed by atoms with E-state index in [0.717, 1.165) is 12.3 Å². The molecule has 2 rings (SSSR count). The van der Waals surface area contributed by atoms with Gasteiger partial charge in [-0.3, -0.25) is 0 Å². The fourth-order valence-electron chi connectivity index (χ4n) is 1.63. The van der Waals surface area contributed by atoms with Crippen LogP contribution in [-0.2, 0) is 6.54 Å². The third kappa shape index (κ3) is 3.01. The first kappa shape index (κ1) is 13.8. The van der Waals surface area contributed by atoms with Crippen molar-refractivity contribution in [3.8, 4) is 11.3 Å². The molecule has 0 saturated heterocycles. The number of benzene rings is 1. The fraction of sp³-hybridized carbons (Fsp3) is 0.231. The molecule has 0 bridgehead atoms. The summed E-state index contributed by atoms with van der Waals surface area (Å²) in [6.45, 7) is 3.61. The highest BCUT2D eigenvalue weighted by atomic mass is 35.5. The number of hydrogen-bond donors (Lipinski definition) is 1. The van der Waals surface area contributed by atoms with E-state index in [2.05, 4.69) is 5.32 Å². The molecule has 1 aromatic carbocycles. The summed E-state index contributed by atoms with van der Waals surface area (Å²) in [5, 5.41) is 4.66. The average molecular weight is 305 g/mol. The lowest BCUT2D eigenvalue weighted by Gasteiger charge is -2.05. The molecule has 2 nitrogen and oxygen atoms in total. The van der Waals surface area contributed by atoms with Crippen LogP contribution in [0.1, 0.15) is 12.7 Å². The van der Waals surface area contributed by atoms with Crippen molar-refractivity contribution in [2.75, 3.05) is 6.54 Å². The maximum absolute atomic E-state index is 6.14. The van der Waals surface area contributed by atoms with Crippen LogP contribution in [0.15, 0.2) is 28.7 Å². The van der Waals surface area contributed by atoms with E-state index in [1.165, 1.54) is 0 Å². The van der Waals surface area contributed by atoms with E-state index in [4.69, 9.17) is 39.2 Å². The third-order valence-electron chi connectivity index (χ3n) is 2.46. The summed E-state index contributed by atoms with van der Waals surface area (Å²) in [5.41, 5.74) is 0.672. The molecule has 0 saturated carbocycles. The molecule has 0 unspecified atom stereocenters. The first-order chi connectivity index (χ1) is 8.61. The summed E-state index contributed by atoms with van der Waals surface area (Å²) in [6, 6.07) is 7.06. The molecule has 0 amide bonds. The monoisotopic (exact) mass is 303 g/mol. The molecule has 18 heavy (non-hydrogen) atoms. The van der Waals surface area contributed by atoms with E-state index < -0.39 is 0 Å². The molecular weight excluding hydrogens is 293 g/mol. The molecule has 1 N–H and O–H groups in total. The second-order valence-corrected chi connectivity index (χ2v) is 5.04. The van der Waals surface area contributed by atoms with Crippen LogP contribution < -0.4 is 5.32 Å². The third-order valence-corrected chi connectivity index (χ3v) is 3.28. The Morgan fingerprint density at radius 3 is 2.39 bits per heavy atom. The molecule has 2 aromatic rings. The standard InChI is InChI=1S/C13H12Cl3NO/c1-2-17-7-9-3-4-12(18-9)13-10(15)5-8(14)6-11(13)16/h3-6,17H,2,7H2,1H3. The van der Waals surface area contributed by atoms with Crippen LogP contribution in [0.4, 0.5) is 0 Å². The van der Waals surface area contributed by atoms with Gasteiger partial charge in [-0.15, -0.1) is 0 Å². The molecule has 0 atom stereocenters. The predicted molar refractivity (Wildman–Crippen MR) is 76.6 cm³/mol. The molecule has 0 aliphatic carbocycles. The SMILES string of the molecule is CCNCc1ccc(-c2c(Cl)cc(Cl)cc2Cl)o1. The molecule has 0 aliphatic heterocycles. The highest BCUT2D eigenvalue weighted by molar-refractivity contribution is 6.41. The Balaban J connectivity index is 2.34. The van der Waals surface area contributed by atoms with Crippen LogP contribution in [0.5, 0.6) is 0 Å². The van der Waals surface area contributed by atoms with Gasteiger partial charge in [0.1, 0.15) is 11.5 Å². The summed E-state index contributed by atoms with van der Waals surface area (Å²) >= 11 is 18.2. The van der Waals surface area contributed by atoms with Gasteiger partial charge in [-0.25, -0.2) is 0 Å². The average Bonchev–Trinajstić information content (AvgIpc) is 2.73. The van der Waals surface area contributed by atoms with Crippen molar-refractivity contribution < 1.29 is 4.42 Å². The molecular formula is C13H12Cl3NO. The second kappa shape index (κ2) is 5.98. The normalized spacial score (nSPS) is 10.9. The Morgan fingerprint density at radius 2 is 1.78 bits per heavy atom. The first-order valence-corrected chi connectivity index (χ1v) is 6.69.